The number of rotatable bonds is 6. The van der Waals surface area contributed by atoms with Crippen LogP contribution in [0.3, 0.4) is 0 Å². The van der Waals surface area contributed by atoms with Crippen LogP contribution >= 0.6 is 0 Å². The van der Waals surface area contributed by atoms with Gasteiger partial charge in [-0.1, -0.05) is 24.3 Å². The number of hydrogen-bond acceptors (Lipinski definition) is 6. The molecule has 1 fully saturated rings. The Morgan fingerprint density at radius 2 is 1.72 bits per heavy atom. The van der Waals surface area contributed by atoms with Crippen LogP contribution in [-0.4, -0.2) is 50.8 Å². The Balaban J connectivity index is 1.45. The molecule has 1 aliphatic rings. The van der Waals surface area contributed by atoms with Gasteiger partial charge in [-0.05, 0) is 19.4 Å². The highest BCUT2D eigenvalue weighted by atomic mass is 15.3. The molecule has 1 saturated heterocycles. The maximum atomic E-state index is 5.73. The fourth-order valence-electron chi connectivity index (χ4n) is 3.88. The third-order valence-electron chi connectivity index (χ3n) is 5.71. The van der Waals surface area contributed by atoms with Crippen molar-refractivity contribution >= 4 is 5.82 Å². The zero-order chi connectivity index (χ0) is 20.2. The highest BCUT2D eigenvalue weighted by Gasteiger charge is 2.22. The van der Waals surface area contributed by atoms with Crippen LogP contribution in [0.25, 0.3) is 11.3 Å². The Hall–Kier alpha value is -2.77. The topological polar surface area (TPSA) is 76.1 Å². The second-order valence-corrected chi connectivity index (χ2v) is 7.46. The van der Waals surface area contributed by atoms with Crippen molar-refractivity contribution in [1.82, 2.24) is 24.6 Å². The molecule has 2 aromatic heterocycles. The molecule has 3 aromatic rings. The molecular formula is C22H29N7. The SMILES string of the molecule is CCn1ncc(CN2CCN(c3nccnc3-c3ccc(CN)cc3)CC2)c1C. The van der Waals surface area contributed by atoms with Gasteiger partial charge in [0.25, 0.3) is 0 Å². The highest BCUT2D eigenvalue weighted by molar-refractivity contribution is 5.72. The Kier molecular flexibility index (Phi) is 5.87. The van der Waals surface area contributed by atoms with E-state index in [0.717, 1.165) is 61.9 Å². The summed E-state index contributed by atoms with van der Waals surface area (Å²) in [5.74, 6) is 0.961. The number of hydrogen-bond donors (Lipinski definition) is 1. The molecule has 0 amide bonds. The summed E-state index contributed by atoms with van der Waals surface area (Å²) >= 11 is 0. The zero-order valence-electron chi connectivity index (χ0n) is 17.3. The van der Waals surface area contributed by atoms with Crippen molar-refractivity contribution in [1.29, 1.82) is 0 Å². The largest absolute Gasteiger partial charge is 0.352 e. The van der Waals surface area contributed by atoms with Crippen molar-refractivity contribution in [2.45, 2.75) is 33.5 Å². The zero-order valence-corrected chi connectivity index (χ0v) is 17.3. The van der Waals surface area contributed by atoms with E-state index in [0.29, 0.717) is 6.54 Å². The van der Waals surface area contributed by atoms with Gasteiger partial charge < -0.3 is 10.6 Å². The predicted molar refractivity (Wildman–Crippen MR) is 115 cm³/mol. The van der Waals surface area contributed by atoms with Gasteiger partial charge in [0, 0.05) is 75.0 Å². The van der Waals surface area contributed by atoms with Gasteiger partial charge in [0.1, 0.15) is 5.69 Å². The number of anilines is 1. The summed E-state index contributed by atoms with van der Waals surface area (Å²) in [4.78, 5) is 14.1. The van der Waals surface area contributed by atoms with E-state index < -0.39 is 0 Å². The van der Waals surface area contributed by atoms with Crippen LogP contribution in [-0.2, 0) is 19.6 Å². The first kappa shape index (κ1) is 19.5. The lowest BCUT2D eigenvalue weighted by molar-refractivity contribution is 0.249. The van der Waals surface area contributed by atoms with Gasteiger partial charge >= 0.3 is 0 Å². The molecule has 2 N–H and O–H groups in total. The van der Waals surface area contributed by atoms with Crippen LogP contribution in [0, 0.1) is 6.92 Å². The Bertz CT molecular complexity index is 940. The normalized spacial score (nSPS) is 15.1. The summed E-state index contributed by atoms with van der Waals surface area (Å²) in [5, 5.41) is 4.47. The minimum absolute atomic E-state index is 0.548. The number of nitrogens with two attached hydrogens (primary N) is 1. The lowest BCUT2D eigenvalue weighted by atomic mass is 10.1. The maximum absolute atomic E-state index is 5.73. The molecule has 4 rings (SSSR count). The highest BCUT2D eigenvalue weighted by Crippen LogP contribution is 2.27. The Labute approximate surface area is 172 Å². The molecule has 0 spiro atoms. The molecule has 0 radical (unpaired) electrons. The number of nitrogens with zero attached hydrogens (tertiary/aromatic N) is 6. The molecule has 1 aromatic carbocycles. The third-order valence-corrected chi connectivity index (χ3v) is 5.71. The summed E-state index contributed by atoms with van der Waals surface area (Å²) < 4.78 is 2.06. The molecular weight excluding hydrogens is 362 g/mol. The van der Waals surface area contributed by atoms with Crippen LogP contribution in [0.1, 0.15) is 23.7 Å². The fraction of sp³-hybridized carbons (Fsp3) is 0.409. The molecule has 152 valence electrons. The van der Waals surface area contributed by atoms with Gasteiger partial charge in [-0.3, -0.25) is 14.6 Å². The van der Waals surface area contributed by atoms with E-state index in [4.69, 9.17) is 5.73 Å². The monoisotopic (exact) mass is 391 g/mol. The minimum atomic E-state index is 0.548. The van der Waals surface area contributed by atoms with E-state index in [1.54, 1.807) is 12.4 Å². The Morgan fingerprint density at radius 1 is 1.00 bits per heavy atom. The maximum Gasteiger partial charge on any atom is 0.155 e. The second kappa shape index (κ2) is 8.71. The number of piperazine rings is 1. The summed E-state index contributed by atoms with van der Waals surface area (Å²) in [5.41, 5.74) is 11.5. The first-order chi connectivity index (χ1) is 14.2. The number of aromatic nitrogens is 4. The molecule has 3 heterocycles. The molecule has 0 saturated carbocycles. The summed E-state index contributed by atoms with van der Waals surface area (Å²) in [6, 6.07) is 8.29. The lowest BCUT2D eigenvalue weighted by Crippen LogP contribution is -2.46. The molecule has 0 bridgehead atoms. The predicted octanol–water partition coefficient (Wildman–Crippen LogP) is 2.45. The summed E-state index contributed by atoms with van der Waals surface area (Å²) in [6.45, 7) is 10.6. The van der Waals surface area contributed by atoms with Crippen LogP contribution in [0.2, 0.25) is 0 Å². The van der Waals surface area contributed by atoms with Crippen molar-refractivity contribution in [3.8, 4) is 11.3 Å². The van der Waals surface area contributed by atoms with Crippen LogP contribution in [0.5, 0.6) is 0 Å². The average molecular weight is 392 g/mol. The first-order valence-corrected chi connectivity index (χ1v) is 10.3. The van der Waals surface area contributed by atoms with Gasteiger partial charge in [0.15, 0.2) is 5.82 Å². The molecule has 7 heteroatoms. The summed E-state index contributed by atoms with van der Waals surface area (Å²) in [6.07, 6.45) is 5.55. The smallest absolute Gasteiger partial charge is 0.155 e. The standard InChI is InChI=1S/C22H29N7/c1-3-29-17(2)20(15-26-29)16-27-10-12-28(13-11-27)22-21(24-8-9-25-22)19-6-4-18(14-23)5-7-19/h4-9,15H,3,10-14,16,23H2,1-2H3. The molecule has 0 unspecified atom stereocenters. The Morgan fingerprint density at radius 3 is 2.38 bits per heavy atom. The molecule has 29 heavy (non-hydrogen) atoms. The first-order valence-electron chi connectivity index (χ1n) is 10.3. The van der Waals surface area contributed by atoms with Gasteiger partial charge in [-0.2, -0.15) is 5.10 Å². The minimum Gasteiger partial charge on any atom is -0.352 e. The van der Waals surface area contributed by atoms with Gasteiger partial charge in [0.05, 0.1) is 6.20 Å². The van der Waals surface area contributed by atoms with Crippen LogP contribution in [0.4, 0.5) is 5.82 Å². The number of benzene rings is 1. The fourth-order valence-corrected chi connectivity index (χ4v) is 3.88. The van der Waals surface area contributed by atoms with Crippen molar-refractivity contribution in [3.05, 3.63) is 59.7 Å². The van der Waals surface area contributed by atoms with E-state index >= 15 is 0 Å². The van der Waals surface area contributed by atoms with Crippen molar-refractivity contribution in [3.63, 3.8) is 0 Å². The molecule has 0 aliphatic carbocycles. The van der Waals surface area contributed by atoms with E-state index in [-0.39, 0.29) is 0 Å². The molecule has 0 atom stereocenters. The van der Waals surface area contributed by atoms with E-state index in [1.165, 1.54) is 11.3 Å². The second-order valence-electron chi connectivity index (χ2n) is 7.46. The van der Waals surface area contributed by atoms with Crippen LogP contribution < -0.4 is 10.6 Å². The van der Waals surface area contributed by atoms with E-state index in [9.17, 15) is 0 Å². The quantitative estimate of drug-likeness (QED) is 0.696. The van der Waals surface area contributed by atoms with E-state index in [1.807, 2.05) is 6.20 Å². The van der Waals surface area contributed by atoms with Gasteiger partial charge in [0.2, 0.25) is 0 Å². The number of aryl methyl sites for hydroxylation is 1. The summed E-state index contributed by atoms with van der Waals surface area (Å²) in [7, 11) is 0. The molecule has 1 aliphatic heterocycles. The van der Waals surface area contributed by atoms with Crippen molar-refractivity contribution < 1.29 is 0 Å². The van der Waals surface area contributed by atoms with Gasteiger partial charge in [-0.25, -0.2) is 4.98 Å². The average Bonchev–Trinajstić information content (AvgIpc) is 3.13. The van der Waals surface area contributed by atoms with E-state index in [2.05, 4.69) is 67.7 Å². The third kappa shape index (κ3) is 4.16. The van der Waals surface area contributed by atoms with Crippen LogP contribution in [0.15, 0.2) is 42.9 Å². The van der Waals surface area contributed by atoms with Gasteiger partial charge in [-0.15, -0.1) is 0 Å². The van der Waals surface area contributed by atoms with Crippen molar-refractivity contribution in [2.24, 2.45) is 5.73 Å². The van der Waals surface area contributed by atoms with Crippen molar-refractivity contribution in [2.75, 3.05) is 31.1 Å². The lowest BCUT2D eigenvalue weighted by Gasteiger charge is -2.35. The molecule has 7 nitrogen and oxygen atoms in total.